The summed E-state index contributed by atoms with van der Waals surface area (Å²) >= 11 is 0. The predicted octanol–water partition coefficient (Wildman–Crippen LogP) is 16.4. The van der Waals surface area contributed by atoms with E-state index in [1.54, 1.807) is 5.47 Å². The highest BCUT2D eigenvalue weighted by atomic mass is 16.5. The van der Waals surface area contributed by atoms with Crippen LogP contribution in [-0.2, 0) is 10.8 Å². The molecule has 0 amide bonds. The number of rotatable bonds is 9. The molecule has 3 aromatic heterocycles. The van der Waals surface area contributed by atoms with Crippen LogP contribution < -0.4 is 9.30 Å². The molecule has 4 fully saturated rings. The standard InChI is InChI=1S/C70H61BN5O/c1-69(2,3)52-41-55(74-46-75(64-27-13-12-26-63(64)74)68-58(49-18-6-4-7-19-49)23-16-24-59(68)50-20-8-5-9-21-50)44-57(42-52)77-56-29-30-61-60-22-10-11-25-62(60)76(65(61)45-56)67-43-51(31-33-72-67)70(53-37-47-36-48(39-53)40-54(70)38-47)66-28-17-35-73-34-15-14-32-71(66)73/h4-35,41-48,53-54H,36-40H2,1-3H3/q+1. The summed E-state index contributed by atoms with van der Waals surface area (Å²) < 4.78 is 14.3. The molecular formula is C70H61BN5O+. The maximum Gasteiger partial charge on any atom is 0.316 e. The van der Waals surface area contributed by atoms with Crippen molar-refractivity contribution in [2.24, 2.45) is 23.7 Å². The summed E-state index contributed by atoms with van der Waals surface area (Å²) in [6.45, 7) is 7.06. The molecule has 6 nitrogen and oxygen atoms in total. The van der Waals surface area contributed by atoms with Gasteiger partial charge in [-0.25, -0.2) is 4.98 Å². The molecule has 4 saturated carbocycles. The third kappa shape index (κ3) is 7.45. The van der Waals surface area contributed by atoms with Crippen LogP contribution in [0.5, 0.6) is 11.5 Å². The summed E-state index contributed by atoms with van der Waals surface area (Å²) in [5.41, 5.74) is 15.2. The van der Waals surface area contributed by atoms with Gasteiger partial charge in [-0.3, -0.25) is 4.57 Å². The third-order valence-corrected chi connectivity index (χ3v) is 18.2. The minimum absolute atomic E-state index is 0.0725. The number of allylic oxidation sites excluding steroid dienone is 5. The Morgan fingerprint density at radius 3 is 2.01 bits per heavy atom. The maximum atomic E-state index is 7.17. The molecule has 6 aliphatic rings. The van der Waals surface area contributed by atoms with Crippen molar-refractivity contribution < 1.29 is 9.30 Å². The molecule has 0 spiro atoms. The number of nitrogens with zero attached hydrogens (tertiary/aromatic N) is 5. The van der Waals surface area contributed by atoms with Crippen molar-refractivity contribution >= 4 is 39.7 Å². The number of imidazole rings is 1. The van der Waals surface area contributed by atoms with Gasteiger partial charge < -0.3 is 9.55 Å². The molecule has 0 atom stereocenters. The molecule has 16 rings (SSSR count). The van der Waals surface area contributed by atoms with Gasteiger partial charge in [0, 0.05) is 45.6 Å². The molecule has 4 bridgehead atoms. The van der Waals surface area contributed by atoms with Crippen molar-refractivity contribution in [2.45, 2.75) is 63.7 Å². The summed E-state index contributed by atoms with van der Waals surface area (Å²) in [6.07, 6.45) is 24.7. The molecule has 5 heterocycles. The molecule has 374 valence electrons. The van der Waals surface area contributed by atoms with E-state index in [1.807, 2.05) is 0 Å². The summed E-state index contributed by atoms with van der Waals surface area (Å²) in [4.78, 5) is 7.71. The summed E-state index contributed by atoms with van der Waals surface area (Å²) in [6, 6.07) is 64.0. The number of hydrogen-bond acceptors (Lipinski definition) is 3. The predicted molar refractivity (Wildman–Crippen MR) is 315 cm³/mol. The topological polar surface area (TPSA) is 39.1 Å². The lowest BCUT2D eigenvalue weighted by molar-refractivity contribution is -0.566. The van der Waals surface area contributed by atoms with E-state index in [0.29, 0.717) is 11.8 Å². The zero-order chi connectivity index (χ0) is 51.4. The Hall–Kier alpha value is -8.42. The van der Waals surface area contributed by atoms with Crippen LogP contribution in [0.4, 0.5) is 0 Å². The number of ether oxygens (including phenoxy) is 1. The van der Waals surface area contributed by atoms with Crippen LogP contribution >= 0.6 is 0 Å². The Morgan fingerprint density at radius 1 is 0.597 bits per heavy atom. The van der Waals surface area contributed by atoms with Gasteiger partial charge in [0.15, 0.2) is 11.0 Å². The van der Waals surface area contributed by atoms with Crippen molar-refractivity contribution in [2.75, 3.05) is 0 Å². The second-order valence-electron chi connectivity index (χ2n) is 23.5. The quantitative estimate of drug-likeness (QED) is 0.107. The van der Waals surface area contributed by atoms with E-state index in [0.717, 1.165) is 62.6 Å². The molecule has 4 aliphatic carbocycles. The second kappa shape index (κ2) is 17.8. The van der Waals surface area contributed by atoms with Gasteiger partial charge in [-0.15, -0.1) is 0 Å². The second-order valence-corrected chi connectivity index (χ2v) is 23.5. The van der Waals surface area contributed by atoms with Crippen molar-refractivity contribution in [3.8, 4) is 50.9 Å². The zero-order valence-electron chi connectivity index (χ0n) is 44.0. The average molecular weight is 999 g/mol. The third-order valence-electron chi connectivity index (χ3n) is 18.2. The number of benzene rings is 7. The molecular weight excluding hydrogens is 938 g/mol. The van der Waals surface area contributed by atoms with Crippen molar-refractivity contribution in [1.29, 1.82) is 0 Å². The minimum Gasteiger partial charge on any atom is -0.457 e. The van der Waals surface area contributed by atoms with Crippen molar-refractivity contribution in [3.05, 3.63) is 248 Å². The molecule has 10 aromatic rings. The van der Waals surface area contributed by atoms with Gasteiger partial charge in [0.25, 0.3) is 6.33 Å². The van der Waals surface area contributed by atoms with Crippen LogP contribution in [0.2, 0.25) is 0 Å². The first-order valence-corrected chi connectivity index (χ1v) is 27.9. The van der Waals surface area contributed by atoms with Gasteiger partial charge in [0.2, 0.25) is 0 Å². The van der Waals surface area contributed by atoms with Gasteiger partial charge in [0.05, 0.1) is 11.0 Å². The Bertz CT molecular complexity index is 4010. The van der Waals surface area contributed by atoms with E-state index >= 15 is 0 Å². The number of para-hydroxylation sites is 4. The Morgan fingerprint density at radius 2 is 1.27 bits per heavy atom. The smallest absolute Gasteiger partial charge is 0.316 e. The summed E-state index contributed by atoms with van der Waals surface area (Å²) in [5, 5.41) is 2.38. The summed E-state index contributed by atoms with van der Waals surface area (Å²) in [7, 11) is 0. The molecule has 7 aromatic carbocycles. The number of hydrogen-bond donors (Lipinski definition) is 0. The molecule has 0 radical (unpaired) electrons. The monoisotopic (exact) mass is 998 g/mol. The lowest BCUT2D eigenvalue weighted by Gasteiger charge is -2.63. The fourth-order valence-electron chi connectivity index (χ4n) is 15.1. The lowest BCUT2D eigenvalue weighted by atomic mass is 9.33. The fourth-order valence-corrected chi connectivity index (χ4v) is 15.1. The molecule has 0 saturated heterocycles. The number of fused-ring (bicyclic) bond motifs is 5. The first-order valence-electron chi connectivity index (χ1n) is 27.9. The van der Waals surface area contributed by atoms with E-state index in [9.17, 15) is 0 Å². The van der Waals surface area contributed by atoms with Gasteiger partial charge in [-0.05, 0) is 163 Å². The van der Waals surface area contributed by atoms with E-state index in [4.69, 9.17) is 9.72 Å². The highest BCUT2D eigenvalue weighted by Crippen LogP contribution is 2.66. The van der Waals surface area contributed by atoms with Gasteiger partial charge >= 0.3 is 6.85 Å². The van der Waals surface area contributed by atoms with E-state index < -0.39 is 0 Å². The van der Waals surface area contributed by atoms with Crippen LogP contribution in [-0.4, -0.2) is 25.8 Å². The van der Waals surface area contributed by atoms with Crippen LogP contribution in [0.25, 0.3) is 72.3 Å². The zero-order valence-corrected chi connectivity index (χ0v) is 44.0. The molecule has 2 aliphatic heterocycles. The molecule has 7 heteroatoms. The van der Waals surface area contributed by atoms with E-state index in [1.165, 1.54) is 76.3 Å². The van der Waals surface area contributed by atoms with Crippen molar-refractivity contribution in [1.82, 2.24) is 18.9 Å². The normalized spacial score (nSPS) is 21.4. The number of aromatic nitrogens is 4. The van der Waals surface area contributed by atoms with Gasteiger partial charge in [-0.2, -0.15) is 9.13 Å². The molecule has 77 heavy (non-hydrogen) atoms. The average Bonchev–Trinajstić information content (AvgIpc) is 4.03. The van der Waals surface area contributed by atoms with E-state index in [-0.39, 0.29) is 17.7 Å². The fraction of sp³-hybridized carbons (Fsp3) is 0.200. The largest absolute Gasteiger partial charge is 0.457 e. The number of pyridine rings is 1. The Kier molecular flexibility index (Phi) is 10.6. The first-order chi connectivity index (χ1) is 37.8. The van der Waals surface area contributed by atoms with Gasteiger partial charge in [0.1, 0.15) is 28.7 Å². The highest BCUT2D eigenvalue weighted by molar-refractivity contribution is 6.70. The molecule has 0 unspecified atom stereocenters. The summed E-state index contributed by atoms with van der Waals surface area (Å²) in [5.74, 6) is 7.83. The molecule has 0 N–H and O–H groups in total. The van der Waals surface area contributed by atoms with Crippen LogP contribution in [0, 0.1) is 23.7 Å². The van der Waals surface area contributed by atoms with Gasteiger partial charge in [-0.1, -0.05) is 154 Å². The minimum atomic E-state index is -0.165. The Balaban J connectivity index is 0.860. The van der Waals surface area contributed by atoms with Crippen LogP contribution in [0.15, 0.2) is 237 Å². The first kappa shape index (κ1) is 45.9. The highest BCUT2D eigenvalue weighted by Gasteiger charge is 2.61. The SMILES string of the molecule is CC(C)(C)c1cc(Oc2ccc3c4ccccc4n(-c4cc(C5(C6=CC=CN7C=CC=CB67)C6CC7CC(C6)CC5C7)ccn4)c3c2)cc(-n2c[n+](-c3c(-c4ccccc4)cccc3-c3ccccc3)c3ccccc32)c1. The van der Waals surface area contributed by atoms with Crippen LogP contribution in [0.1, 0.15) is 64.0 Å². The van der Waals surface area contributed by atoms with E-state index in [2.05, 4.69) is 270 Å². The maximum absolute atomic E-state index is 7.17. The van der Waals surface area contributed by atoms with Crippen molar-refractivity contribution in [3.63, 3.8) is 0 Å². The van der Waals surface area contributed by atoms with Crippen LogP contribution in [0.3, 0.4) is 0 Å². The Labute approximate surface area is 451 Å². The lowest BCUT2D eigenvalue weighted by Crippen LogP contribution is -2.60.